The summed E-state index contributed by atoms with van der Waals surface area (Å²) in [7, 11) is 0. The van der Waals surface area contributed by atoms with Crippen molar-refractivity contribution in [1.29, 1.82) is 0 Å². The summed E-state index contributed by atoms with van der Waals surface area (Å²) in [6.45, 7) is 1.79. The molecule has 116 valence electrons. The van der Waals surface area contributed by atoms with Crippen molar-refractivity contribution >= 4 is 11.9 Å². The van der Waals surface area contributed by atoms with E-state index in [1.165, 1.54) is 0 Å². The Morgan fingerprint density at radius 1 is 1.45 bits per heavy atom. The molecule has 0 radical (unpaired) electrons. The smallest absolute Gasteiger partial charge is 0.372 e. The highest BCUT2D eigenvalue weighted by atomic mass is 16.4. The van der Waals surface area contributed by atoms with Crippen molar-refractivity contribution in [1.82, 2.24) is 5.32 Å². The maximum atomic E-state index is 11.8. The molecule has 1 aromatic heterocycles. The fraction of sp³-hybridized carbons (Fsp3) is 0.467. The van der Waals surface area contributed by atoms with Gasteiger partial charge >= 0.3 is 5.97 Å². The van der Waals surface area contributed by atoms with Crippen molar-refractivity contribution < 1.29 is 19.1 Å². The fourth-order valence-electron chi connectivity index (χ4n) is 2.10. The van der Waals surface area contributed by atoms with Crippen LogP contribution in [0.25, 0.3) is 0 Å². The summed E-state index contributed by atoms with van der Waals surface area (Å²) >= 11 is 0. The number of nitrogens with one attached hydrogen (secondary N) is 1. The lowest BCUT2D eigenvalue weighted by atomic mass is 10.0. The molecule has 2 N–H and O–H groups in total. The number of carboxylic acids is 1. The standard InChI is InChI=1S/C15H17N3O4/c1-3-4-6-15(17-18-15)7-5-12(19)16-9-11-8-10(2)13(22-11)14(20)21/h1,8H,4-7,9H2,2H3,(H,16,19)(H,20,21). The third-order valence-electron chi connectivity index (χ3n) is 3.43. The van der Waals surface area contributed by atoms with E-state index in [1.807, 2.05) is 0 Å². The molecule has 0 bridgehead atoms. The van der Waals surface area contributed by atoms with Crippen molar-refractivity contribution in [2.75, 3.05) is 0 Å². The molecule has 0 atom stereocenters. The molecule has 0 spiro atoms. The van der Waals surface area contributed by atoms with Crippen molar-refractivity contribution in [2.45, 2.75) is 44.8 Å². The number of nitrogens with zero attached hydrogens (tertiary/aromatic N) is 2. The predicted octanol–water partition coefficient (Wildman–Crippen LogP) is 2.26. The molecule has 1 aliphatic heterocycles. The van der Waals surface area contributed by atoms with Crippen LogP contribution in [0.2, 0.25) is 0 Å². The Bertz CT molecular complexity index is 648. The molecule has 22 heavy (non-hydrogen) atoms. The SMILES string of the molecule is C#CCCC1(CCC(=O)NCc2cc(C)c(C(=O)O)o2)N=N1. The number of carbonyl (C=O) groups excluding carboxylic acids is 1. The highest BCUT2D eigenvalue weighted by Crippen LogP contribution is 2.37. The zero-order valence-electron chi connectivity index (χ0n) is 12.3. The van der Waals surface area contributed by atoms with Gasteiger partial charge in [-0.05, 0) is 13.0 Å². The number of carboxylic acid groups (broad SMARTS) is 1. The minimum atomic E-state index is -1.12. The van der Waals surface area contributed by atoms with E-state index < -0.39 is 11.6 Å². The monoisotopic (exact) mass is 303 g/mol. The lowest BCUT2D eigenvalue weighted by molar-refractivity contribution is -0.121. The Balaban J connectivity index is 1.75. The molecule has 2 rings (SSSR count). The number of hydrogen-bond acceptors (Lipinski definition) is 5. The minimum Gasteiger partial charge on any atom is -0.475 e. The fourth-order valence-corrected chi connectivity index (χ4v) is 2.10. The van der Waals surface area contributed by atoms with E-state index in [4.69, 9.17) is 15.9 Å². The van der Waals surface area contributed by atoms with E-state index >= 15 is 0 Å². The van der Waals surface area contributed by atoms with Crippen LogP contribution in [-0.4, -0.2) is 22.6 Å². The number of furan rings is 1. The van der Waals surface area contributed by atoms with E-state index in [0.717, 1.165) is 0 Å². The molecule has 7 heteroatoms. The molecule has 0 fully saturated rings. The number of carbonyl (C=O) groups is 2. The molecule has 1 aliphatic rings. The first kappa shape index (κ1) is 15.8. The predicted molar refractivity (Wildman–Crippen MR) is 77.1 cm³/mol. The molecule has 0 saturated carbocycles. The first-order valence-corrected chi connectivity index (χ1v) is 6.92. The summed E-state index contributed by atoms with van der Waals surface area (Å²) in [6, 6.07) is 1.60. The molecule has 1 aromatic rings. The first-order valence-electron chi connectivity index (χ1n) is 6.92. The molecule has 0 aliphatic carbocycles. The zero-order valence-corrected chi connectivity index (χ0v) is 12.3. The zero-order chi connectivity index (χ0) is 16.2. The molecule has 0 saturated heterocycles. The quantitative estimate of drug-likeness (QED) is 0.719. The van der Waals surface area contributed by atoms with Crippen molar-refractivity contribution in [3.05, 3.63) is 23.2 Å². The van der Waals surface area contributed by atoms with Crippen LogP contribution in [-0.2, 0) is 11.3 Å². The maximum Gasteiger partial charge on any atom is 0.372 e. The van der Waals surface area contributed by atoms with E-state index in [1.54, 1.807) is 13.0 Å². The van der Waals surface area contributed by atoms with Gasteiger partial charge in [-0.2, -0.15) is 10.2 Å². The maximum absolute atomic E-state index is 11.8. The van der Waals surface area contributed by atoms with Crippen LogP contribution in [0.1, 0.15) is 47.6 Å². The molecular formula is C15H17N3O4. The minimum absolute atomic E-state index is 0.104. The Morgan fingerprint density at radius 3 is 2.73 bits per heavy atom. The van der Waals surface area contributed by atoms with E-state index in [0.29, 0.717) is 30.6 Å². The van der Waals surface area contributed by atoms with Gasteiger partial charge in [0.1, 0.15) is 5.76 Å². The number of aryl methyl sites for hydroxylation is 1. The van der Waals surface area contributed by atoms with Crippen LogP contribution in [0.15, 0.2) is 20.7 Å². The average Bonchev–Trinajstić information content (AvgIpc) is 3.15. The van der Waals surface area contributed by atoms with E-state index in [-0.39, 0.29) is 24.6 Å². The Hall–Kier alpha value is -2.62. The summed E-state index contributed by atoms with van der Waals surface area (Å²) in [6.07, 6.45) is 7.25. The van der Waals surface area contributed by atoms with Crippen LogP contribution in [0.4, 0.5) is 0 Å². The second-order valence-electron chi connectivity index (χ2n) is 5.19. The highest BCUT2D eigenvalue weighted by Gasteiger charge is 2.39. The van der Waals surface area contributed by atoms with Gasteiger partial charge in [0.2, 0.25) is 11.7 Å². The van der Waals surface area contributed by atoms with Crippen LogP contribution < -0.4 is 5.32 Å². The van der Waals surface area contributed by atoms with Gasteiger partial charge in [-0.3, -0.25) is 4.79 Å². The van der Waals surface area contributed by atoms with Gasteiger partial charge in [-0.1, -0.05) is 0 Å². The van der Waals surface area contributed by atoms with Gasteiger partial charge in [0, 0.05) is 31.2 Å². The van der Waals surface area contributed by atoms with Gasteiger partial charge in [0.25, 0.3) is 0 Å². The van der Waals surface area contributed by atoms with Crippen LogP contribution in [0.3, 0.4) is 0 Å². The molecule has 1 amide bonds. The van der Waals surface area contributed by atoms with Gasteiger partial charge in [-0.25, -0.2) is 4.79 Å². The second kappa shape index (κ2) is 6.43. The van der Waals surface area contributed by atoms with Crippen LogP contribution >= 0.6 is 0 Å². The van der Waals surface area contributed by atoms with Gasteiger partial charge in [0.05, 0.1) is 6.54 Å². The highest BCUT2D eigenvalue weighted by molar-refractivity contribution is 5.86. The molecule has 0 aromatic carbocycles. The molecule has 7 nitrogen and oxygen atoms in total. The summed E-state index contributed by atoms with van der Waals surface area (Å²) in [5, 5.41) is 19.5. The van der Waals surface area contributed by atoms with Gasteiger partial charge < -0.3 is 14.8 Å². The normalized spacial score (nSPS) is 14.4. The van der Waals surface area contributed by atoms with Crippen molar-refractivity contribution in [3.8, 4) is 12.3 Å². The summed E-state index contributed by atoms with van der Waals surface area (Å²) in [4.78, 5) is 22.7. The van der Waals surface area contributed by atoms with E-state index in [9.17, 15) is 9.59 Å². The summed E-state index contributed by atoms with van der Waals surface area (Å²) in [5.74, 6) is 1.55. The third kappa shape index (κ3) is 3.95. The Kier molecular flexibility index (Phi) is 4.61. The van der Waals surface area contributed by atoms with Gasteiger partial charge in [-0.15, -0.1) is 12.3 Å². The average molecular weight is 303 g/mol. The van der Waals surface area contributed by atoms with Crippen LogP contribution in [0, 0.1) is 19.3 Å². The summed E-state index contributed by atoms with van der Waals surface area (Å²) < 4.78 is 5.16. The van der Waals surface area contributed by atoms with Crippen molar-refractivity contribution in [2.24, 2.45) is 10.2 Å². The van der Waals surface area contributed by atoms with Gasteiger partial charge in [0.15, 0.2) is 5.66 Å². The Labute approximate surface area is 127 Å². The first-order chi connectivity index (χ1) is 10.5. The molecule has 2 heterocycles. The Morgan fingerprint density at radius 2 is 2.18 bits per heavy atom. The van der Waals surface area contributed by atoms with E-state index in [2.05, 4.69) is 21.5 Å². The number of amides is 1. The lowest BCUT2D eigenvalue weighted by Crippen LogP contribution is -2.24. The number of terminal acetylenes is 1. The van der Waals surface area contributed by atoms with Crippen LogP contribution in [0.5, 0.6) is 0 Å². The number of hydrogen-bond donors (Lipinski definition) is 2. The topological polar surface area (TPSA) is 104 Å². The second-order valence-corrected chi connectivity index (χ2v) is 5.19. The van der Waals surface area contributed by atoms with Crippen molar-refractivity contribution in [3.63, 3.8) is 0 Å². The number of aromatic carboxylic acids is 1. The molecular weight excluding hydrogens is 286 g/mol. The lowest BCUT2D eigenvalue weighted by Gasteiger charge is -2.08. The molecule has 0 unspecified atom stereocenters. The largest absolute Gasteiger partial charge is 0.475 e. The number of rotatable bonds is 8. The third-order valence-corrected chi connectivity index (χ3v) is 3.43. The summed E-state index contributed by atoms with van der Waals surface area (Å²) in [5.41, 5.74) is 0.0575.